The largest absolute Gasteiger partial charge is 0.372 e. The number of halogens is 2. The van der Waals surface area contributed by atoms with Crippen molar-refractivity contribution in [3.05, 3.63) is 74.6 Å². The molecule has 1 spiro atoms. The first-order valence-corrected chi connectivity index (χ1v) is 23.7. The molecule has 9 rings (SSSR count). The van der Waals surface area contributed by atoms with Crippen LogP contribution < -0.4 is 26.4 Å². The Labute approximate surface area is 360 Å². The first-order chi connectivity index (χ1) is 28.8. The van der Waals surface area contributed by atoms with Crippen molar-refractivity contribution < 1.29 is 18.0 Å². The van der Waals surface area contributed by atoms with Gasteiger partial charge in [-0.2, -0.15) is 4.98 Å². The summed E-state index contributed by atoms with van der Waals surface area (Å²) in [6.45, 7) is 6.86. The molecule has 3 saturated heterocycles. The Morgan fingerprint density at radius 2 is 1.62 bits per heavy atom. The van der Waals surface area contributed by atoms with Gasteiger partial charge < -0.3 is 20.4 Å². The fourth-order valence-electron chi connectivity index (χ4n) is 10.2. The third-order valence-corrected chi connectivity index (χ3v) is 16.6. The summed E-state index contributed by atoms with van der Waals surface area (Å²) in [5.74, 6) is 0.386. The molecule has 2 aliphatic carbocycles. The van der Waals surface area contributed by atoms with Crippen LogP contribution in [0.5, 0.6) is 0 Å². The number of amides is 2. The number of benzene rings is 2. The van der Waals surface area contributed by atoms with Gasteiger partial charge in [-0.1, -0.05) is 36.0 Å². The van der Waals surface area contributed by atoms with E-state index in [1.807, 2.05) is 25.1 Å². The first kappa shape index (κ1) is 41.1. The first-order valence-electron chi connectivity index (χ1n) is 21.4. The molecule has 0 radical (unpaired) electrons. The number of likely N-dealkylation sites (tertiary alicyclic amines) is 1. The number of anilines is 4. The highest BCUT2D eigenvalue weighted by Crippen LogP contribution is 2.53. The lowest BCUT2D eigenvalue weighted by molar-refractivity contribution is -0.133. The molecule has 5 fully saturated rings. The van der Waals surface area contributed by atoms with Crippen LogP contribution in [0.2, 0.25) is 10.0 Å². The van der Waals surface area contributed by atoms with Crippen LogP contribution >= 0.6 is 23.2 Å². The van der Waals surface area contributed by atoms with Crippen molar-refractivity contribution in [2.75, 3.05) is 48.3 Å². The van der Waals surface area contributed by atoms with Crippen LogP contribution in [0.1, 0.15) is 88.7 Å². The summed E-state index contributed by atoms with van der Waals surface area (Å²) in [4.78, 5) is 51.3. The predicted molar refractivity (Wildman–Crippen MR) is 235 cm³/mol. The lowest BCUT2D eigenvalue weighted by Gasteiger charge is -2.52. The zero-order valence-electron chi connectivity index (χ0n) is 33.9. The lowest BCUT2D eigenvalue weighted by atomic mass is 9.63. The second kappa shape index (κ2) is 16.6. The van der Waals surface area contributed by atoms with Gasteiger partial charge in [0.1, 0.15) is 16.7 Å². The Hall–Kier alpha value is -4.24. The molecule has 60 heavy (non-hydrogen) atoms. The summed E-state index contributed by atoms with van der Waals surface area (Å²) in [5.41, 5.74) is 3.65. The van der Waals surface area contributed by atoms with E-state index in [0.717, 1.165) is 95.3 Å². The van der Waals surface area contributed by atoms with Crippen LogP contribution in [0.4, 0.5) is 23.0 Å². The SMILES string of the molecule is Cc1cc(S(=O)(=O)C2CC3(CCN(CC4CCN(c5ccc(NC6CCC(=O)NC6=O)c(Cl)c5)CC4)CC3)C2)ccc1Nc1ncc2cc(Cl)c(=O)n(C3CCCC3)c2n1. The fourth-order valence-corrected chi connectivity index (χ4v) is 12.8. The van der Waals surface area contributed by atoms with Gasteiger partial charge in [0, 0.05) is 55.1 Å². The monoisotopic (exact) mass is 874 g/mol. The lowest BCUT2D eigenvalue weighted by Crippen LogP contribution is -2.52. The molecule has 1 unspecified atom stereocenters. The highest BCUT2D eigenvalue weighted by Gasteiger charge is 2.51. The average molecular weight is 876 g/mol. The molecule has 3 aliphatic heterocycles. The van der Waals surface area contributed by atoms with Crippen molar-refractivity contribution in [1.29, 1.82) is 0 Å². The summed E-state index contributed by atoms with van der Waals surface area (Å²) in [7, 11) is -3.49. The molecule has 5 heterocycles. The Bertz CT molecular complexity index is 2490. The van der Waals surface area contributed by atoms with Gasteiger partial charge in [-0.05, 0) is 137 Å². The molecule has 2 amide bonds. The van der Waals surface area contributed by atoms with Crippen LogP contribution in [0.25, 0.3) is 11.0 Å². The average Bonchev–Trinajstić information content (AvgIpc) is 3.75. The minimum atomic E-state index is -3.49. The number of piperidine rings is 3. The van der Waals surface area contributed by atoms with E-state index < -0.39 is 15.9 Å². The van der Waals surface area contributed by atoms with E-state index >= 15 is 0 Å². The molecule has 2 aromatic carbocycles. The molecular formula is C44H52Cl2N8O5S. The summed E-state index contributed by atoms with van der Waals surface area (Å²) in [6, 6.07) is 12.3. The number of aryl methyl sites for hydroxylation is 1. The van der Waals surface area contributed by atoms with E-state index in [1.165, 1.54) is 0 Å². The van der Waals surface area contributed by atoms with E-state index in [1.54, 1.807) is 35.0 Å². The minimum Gasteiger partial charge on any atom is -0.372 e. The number of fused-ring (bicyclic) bond motifs is 1. The fraction of sp³-hybridized carbons (Fsp3) is 0.523. The maximum Gasteiger partial charge on any atom is 0.271 e. The van der Waals surface area contributed by atoms with Crippen LogP contribution in [0.3, 0.4) is 0 Å². The quantitative estimate of drug-likeness (QED) is 0.136. The molecule has 2 aromatic heterocycles. The second-order valence-electron chi connectivity index (χ2n) is 17.8. The number of rotatable bonds is 10. The third kappa shape index (κ3) is 8.24. The minimum absolute atomic E-state index is 0.0549. The number of hydrogen-bond donors (Lipinski definition) is 3. The van der Waals surface area contributed by atoms with Crippen molar-refractivity contribution in [1.82, 2.24) is 24.8 Å². The maximum absolute atomic E-state index is 13.9. The summed E-state index contributed by atoms with van der Waals surface area (Å²) in [5, 5.41) is 9.88. The highest BCUT2D eigenvalue weighted by molar-refractivity contribution is 7.92. The molecule has 4 aromatic rings. The number of aromatic nitrogens is 3. The van der Waals surface area contributed by atoms with Crippen molar-refractivity contribution in [3.8, 4) is 0 Å². The predicted octanol–water partition coefficient (Wildman–Crippen LogP) is 7.42. The number of carbonyl (C=O) groups excluding carboxylic acids is 2. The van der Waals surface area contributed by atoms with Gasteiger partial charge in [-0.3, -0.25) is 24.3 Å². The molecule has 1 atom stereocenters. The number of hydrogen-bond acceptors (Lipinski definition) is 11. The summed E-state index contributed by atoms with van der Waals surface area (Å²) >= 11 is 12.9. The third-order valence-electron chi connectivity index (χ3n) is 13.9. The molecule has 318 valence electrons. The number of carbonyl (C=O) groups is 2. The van der Waals surface area contributed by atoms with E-state index in [-0.39, 0.29) is 39.1 Å². The van der Waals surface area contributed by atoms with Crippen LogP contribution in [-0.2, 0) is 19.4 Å². The highest BCUT2D eigenvalue weighted by atomic mass is 35.5. The van der Waals surface area contributed by atoms with E-state index in [2.05, 4.69) is 30.7 Å². The van der Waals surface area contributed by atoms with E-state index in [4.69, 9.17) is 28.2 Å². The van der Waals surface area contributed by atoms with Crippen molar-refractivity contribution in [3.63, 3.8) is 0 Å². The van der Waals surface area contributed by atoms with Crippen molar-refractivity contribution in [2.24, 2.45) is 11.3 Å². The normalized spacial score (nSPS) is 22.0. The molecule has 2 saturated carbocycles. The van der Waals surface area contributed by atoms with Gasteiger partial charge in [0.25, 0.3) is 5.56 Å². The van der Waals surface area contributed by atoms with Crippen molar-refractivity contribution >= 4 is 78.9 Å². The number of nitrogens with zero attached hydrogens (tertiary/aromatic N) is 5. The number of sulfone groups is 1. The van der Waals surface area contributed by atoms with Gasteiger partial charge in [-0.15, -0.1) is 0 Å². The van der Waals surface area contributed by atoms with Crippen LogP contribution in [0.15, 0.2) is 58.4 Å². The Kier molecular flexibility index (Phi) is 11.4. The number of pyridine rings is 1. The molecule has 3 N–H and O–H groups in total. The molecule has 13 nitrogen and oxygen atoms in total. The molecule has 0 bridgehead atoms. The van der Waals surface area contributed by atoms with Gasteiger partial charge >= 0.3 is 0 Å². The van der Waals surface area contributed by atoms with E-state index in [9.17, 15) is 22.8 Å². The second-order valence-corrected chi connectivity index (χ2v) is 20.8. The molecular weight excluding hydrogens is 824 g/mol. The Morgan fingerprint density at radius 3 is 2.32 bits per heavy atom. The number of imide groups is 1. The maximum atomic E-state index is 13.9. The Morgan fingerprint density at radius 1 is 0.883 bits per heavy atom. The molecule has 5 aliphatic rings. The summed E-state index contributed by atoms with van der Waals surface area (Å²) in [6.07, 6.45) is 12.0. The standard InChI is InChI=1S/C44H52Cl2N8O5S/c1-27-20-32(7-9-36(27)49-43-47-25-29-21-35(46)42(57)54(40(29)51-43)30-4-2-3-5-30)60(58,59)33-23-44(24-33)14-18-52(19-15-44)26-28-12-16-53(17-13-28)31-6-8-37(34(45)22-31)48-38-10-11-39(55)50-41(38)56/h6-9,20-22,25,28,30,33,38,48H,2-5,10-19,23-24,26H2,1H3,(H,47,49,51)(H,50,55,56). The Balaban J connectivity index is 0.750. The zero-order chi connectivity index (χ0) is 41.8. The van der Waals surface area contributed by atoms with Crippen LogP contribution in [0, 0.1) is 18.3 Å². The van der Waals surface area contributed by atoms with Gasteiger partial charge in [-0.25, -0.2) is 13.4 Å². The van der Waals surface area contributed by atoms with Gasteiger partial charge in [0.2, 0.25) is 17.8 Å². The number of nitrogens with one attached hydrogen (secondary N) is 3. The van der Waals surface area contributed by atoms with Crippen molar-refractivity contribution in [2.45, 2.75) is 106 Å². The van der Waals surface area contributed by atoms with Gasteiger partial charge in [0.05, 0.1) is 20.9 Å². The van der Waals surface area contributed by atoms with Gasteiger partial charge in [0.15, 0.2) is 9.84 Å². The summed E-state index contributed by atoms with van der Waals surface area (Å²) < 4.78 is 29.5. The zero-order valence-corrected chi connectivity index (χ0v) is 36.2. The topological polar surface area (TPSA) is 159 Å². The smallest absolute Gasteiger partial charge is 0.271 e. The van der Waals surface area contributed by atoms with Crippen LogP contribution in [-0.4, -0.2) is 83.7 Å². The molecule has 16 heteroatoms. The van der Waals surface area contributed by atoms with E-state index in [0.29, 0.717) is 69.9 Å².